The number of carbonyl (C=O) groups is 1. The number of nitrogens with zero attached hydrogens (tertiary/aromatic N) is 4. The van der Waals surface area contributed by atoms with E-state index in [0.717, 1.165) is 62.3 Å². The lowest BCUT2D eigenvalue weighted by Crippen LogP contribution is -2.46. The van der Waals surface area contributed by atoms with E-state index in [9.17, 15) is 4.79 Å². The van der Waals surface area contributed by atoms with Crippen LogP contribution in [-0.4, -0.2) is 53.6 Å². The molecule has 0 amide bonds. The smallest absolute Gasteiger partial charge is 0.231 e. The first-order valence-electron chi connectivity index (χ1n) is 11.9. The molecule has 7 heteroatoms. The number of carbonyl (C=O) groups excluding carboxylic acids is 1. The van der Waals surface area contributed by atoms with Crippen LogP contribution < -0.4 is 14.4 Å². The third-order valence-corrected chi connectivity index (χ3v) is 7.07. The van der Waals surface area contributed by atoms with E-state index >= 15 is 0 Å². The van der Waals surface area contributed by atoms with Gasteiger partial charge in [-0.2, -0.15) is 0 Å². The van der Waals surface area contributed by atoms with Crippen LogP contribution in [0.5, 0.6) is 11.5 Å². The van der Waals surface area contributed by atoms with E-state index in [4.69, 9.17) is 14.5 Å². The summed E-state index contributed by atoms with van der Waals surface area (Å²) < 4.78 is 10.9. The number of piperazine rings is 1. The van der Waals surface area contributed by atoms with E-state index in [1.807, 2.05) is 6.07 Å². The Bertz CT molecular complexity index is 1220. The Labute approximate surface area is 199 Å². The molecule has 3 aromatic rings. The molecule has 1 fully saturated rings. The van der Waals surface area contributed by atoms with Crippen LogP contribution in [0.4, 0.5) is 5.95 Å². The van der Waals surface area contributed by atoms with Crippen molar-refractivity contribution in [2.75, 3.05) is 37.9 Å². The summed E-state index contributed by atoms with van der Waals surface area (Å²) in [6, 6.07) is 14.7. The van der Waals surface area contributed by atoms with E-state index in [1.165, 1.54) is 16.7 Å². The normalized spacial score (nSPS) is 19.9. The van der Waals surface area contributed by atoms with Gasteiger partial charge in [0.2, 0.25) is 12.7 Å². The van der Waals surface area contributed by atoms with E-state index in [0.29, 0.717) is 18.8 Å². The molecule has 174 valence electrons. The third kappa shape index (κ3) is 4.12. The minimum atomic E-state index is 0.145. The van der Waals surface area contributed by atoms with Gasteiger partial charge in [-0.15, -0.1) is 0 Å². The highest BCUT2D eigenvalue weighted by atomic mass is 16.7. The Morgan fingerprint density at radius 2 is 1.76 bits per heavy atom. The number of anilines is 1. The van der Waals surface area contributed by atoms with Crippen molar-refractivity contribution >= 4 is 11.7 Å². The second kappa shape index (κ2) is 8.72. The predicted molar refractivity (Wildman–Crippen MR) is 129 cm³/mol. The molecule has 0 unspecified atom stereocenters. The molecule has 0 bridgehead atoms. The molecule has 0 saturated carbocycles. The van der Waals surface area contributed by atoms with Crippen LogP contribution in [-0.2, 0) is 13.0 Å². The number of hydrogen-bond donors (Lipinski definition) is 0. The molecule has 34 heavy (non-hydrogen) atoms. The average molecular weight is 457 g/mol. The number of Topliss-reactive ketones (excluding diaryl/α,β-unsaturated/α-hetero) is 1. The Morgan fingerprint density at radius 1 is 0.971 bits per heavy atom. The molecule has 1 aromatic heterocycles. The van der Waals surface area contributed by atoms with Crippen LogP contribution in [0.25, 0.3) is 0 Å². The highest BCUT2D eigenvalue weighted by Gasteiger charge is 2.29. The third-order valence-electron chi connectivity index (χ3n) is 7.07. The predicted octanol–water partition coefficient (Wildman–Crippen LogP) is 3.75. The molecule has 3 heterocycles. The zero-order chi connectivity index (χ0) is 23.1. The Kier molecular flexibility index (Phi) is 5.41. The highest BCUT2D eigenvalue weighted by molar-refractivity contribution is 5.98. The maximum Gasteiger partial charge on any atom is 0.231 e. The zero-order valence-corrected chi connectivity index (χ0v) is 19.4. The molecular weight excluding hydrogens is 428 g/mol. The molecule has 2 aliphatic heterocycles. The molecule has 1 atom stereocenters. The first-order chi connectivity index (χ1) is 16.6. The minimum Gasteiger partial charge on any atom is -0.454 e. The summed E-state index contributed by atoms with van der Waals surface area (Å²) in [6.07, 6.45) is 3.05. The number of aromatic nitrogens is 2. The largest absolute Gasteiger partial charge is 0.454 e. The average Bonchev–Trinajstić information content (AvgIpc) is 3.33. The van der Waals surface area contributed by atoms with Gasteiger partial charge in [0, 0.05) is 45.3 Å². The van der Waals surface area contributed by atoms with Crippen molar-refractivity contribution in [1.82, 2.24) is 14.9 Å². The van der Waals surface area contributed by atoms with Gasteiger partial charge in [-0.3, -0.25) is 9.69 Å². The van der Waals surface area contributed by atoms with E-state index in [2.05, 4.69) is 58.1 Å². The summed E-state index contributed by atoms with van der Waals surface area (Å²) in [4.78, 5) is 26.9. The van der Waals surface area contributed by atoms with Crippen LogP contribution >= 0.6 is 0 Å². The molecule has 2 aromatic carbocycles. The molecule has 6 rings (SSSR count). The first kappa shape index (κ1) is 21.1. The standard InChI is InChI=1S/C27H28N4O3/c1-18-2-5-20(6-3-18)21-13-23-22(24(32)14-21)15-28-27(29-23)31-10-8-30(9-11-31)16-19-4-7-25-26(12-19)34-17-33-25/h2-7,12,15,21H,8-11,13-14,16-17H2,1H3/t21-/m1/s1. The number of aryl methyl sites for hydroxylation is 1. The fourth-order valence-corrected chi connectivity index (χ4v) is 5.06. The van der Waals surface area contributed by atoms with Gasteiger partial charge in [0.1, 0.15) is 0 Å². The van der Waals surface area contributed by atoms with Crippen molar-refractivity contribution in [1.29, 1.82) is 0 Å². The van der Waals surface area contributed by atoms with Crippen LogP contribution in [0.3, 0.4) is 0 Å². The van der Waals surface area contributed by atoms with Crippen molar-refractivity contribution < 1.29 is 14.3 Å². The van der Waals surface area contributed by atoms with Gasteiger partial charge in [0.25, 0.3) is 0 Å². The van der Waals surface area contributed by atoms with Gasteiger partial charge in [-0.25, -0.2) is 9.97 Å². The van der Waals surface area contributed by atoms with Crippen LogP contribution in [0.2, 0.25) is 0 Å². The minimum absolute atomic E-state index is 0.145. The fourth-order valence-electron chi connectivity index (χ4n) is 5.06. The van der Waals surface area contributed by atoms with Crippen LogP contribution in [0.1, 0.15) is 45.1 Å². The van der Waals surface area contributed by atoms with Gasteiger partial charge < -0.3 is 14.4 Å². The highest BCUT2D eigenvalue weighted by Crippen LogP contribution is 2.34. The first-order valence-corrected chi connectivity index (χ1v) is 11.9. The summed E-state index contributed by atoms with van der Waals surface area (Å²) >= 11 is 0. The maximum absolute atomic E-state index is 12.8. The molecule has 0 spiro atoms. The number of rotatable bonds is 4. The molecular formula is C27H28N4O3. The Hall–Kier alpha value is -3.45. The summed E-state index contributed by atoms with van der Waals surface area (Å²) in [7, 11) is 0. The summed E-state index contributed by atoms with van der Waals surface area (Å²) in [5, 5.41) is 0. The van der Waals surface area contributed by atoms with Crippen molar-refractivity contribution in [3.05, 3.63) is 76.6 Å². The number of fused-ring (bicyclic) bond motifs is 2. The molecule has 3 aliphatic rings. The SMILES string of the molecule is Cc1ccc([C@H]2CC(=O)c3cnc(N4CCN(Cc5ccc6c(c5)OCO6)CC4)nc3C2)cc1. The topological polar surface area (TPSA) is 67.8 Å². The van der Waals surface area contributed by atoms with E-state index in [-0.39, 0.29) is 11.7 Å². The Balaban J connectivity index is 1.12. The van der Waals surface area contributed by atoms with Crippen molar-refractivity contribution in [3.63, 3.8) is 0 Å². The fraction of sp³-hybridized carbons (Fsp3) is 0.370. The number of hydrogen-bond acceptors (Lipinski definition) is 7. The molecule has 1 saturated heterocycles. The second-order valence-electron chi connectivity index (χ2n) is 9.42. The second-order valence-corrected chi connectivity index (χ2v) is 9.42. The van der Waals surface area contributed by atoms with Crippen molar-refractivity contribution in [2.24, 2.45) is 0 Å². The van der Waals surface area contributed by atoms with Gasteiger partial charge >= 0.3 is 0 Å². The Morgan fingerprint density at radius 3 is 2.59 bits per heavy atom. The van der Waals surface area contributed by atoms with Gasteiger partial charge in [-0.1, -0.05) is 35.9 Å². The summed E-state index contributed by atoms with van der Waals surface area (Å²) in [6.45, 7) is 6.84. The number of ether oxygens (including phenoxy) is 2. The van der Waals surface area contributed by atoms with Crippen molar-refractivity contribution in [3.8, 4) is 11.5 Å². The monoisotopic (exact) mass is 456 g/mol. The van der Waals surface area contributed by atoms with Crippen molar-refractivity contribution in [2.45, 2.75) is 32.2 Å². The maximum atomic E-state index is 12.8. The summed E-state index contributed by atoms with van der Waals surface area (Å²) in [5.74, 6) is 2.71. The number of ketones is 1. The number of benzene rings is 2. The van der Waals surface area contributed by atoms with Gasteiger partial charge in [0.05, 0.1) is 11.3 Å². The van der Waals surface area contributed by atoms with E-state index in [1.54, 1.807) is 6.20 Å². The lowest BCUT2D eigenvalue weighted by Gasteiger charge is -2.35. The zero-order valence-electron chi connectivity index (χ0n) is 19.4. The lowest BCUT2D eigenvalue weighted by molar-refractivity contribution is 0.0962. The van der Waals surface area contributed by atoms with Crippen LogP contribution in [0, 0.1) is 6.92 Å². The summed E-state index contributed by atoms with van der Waals surface area (Å²) in [5.41, 5.74) is 5.24. The lowest BCUT2D eigenvalue weighted by atomic mass is 9.82. The van der Waals surface area contributed by atoms with Gasteiger partial charge in [0.15, 0.2) is 17.3 Å². The molecule has 0 N–H and O–H groups in total. The molecule has 7 nitrogen and oxygen atoms in total. The van der Waals surface area contributed by atoms with E-state index < -0.39 is 0 Å². The van der Waals surface area contributed by atoms with Crippen LogP contribution in [0.15, 0.2) is 48.7 Å². The quantitative estimate of drug-likeness (QED) is 0.592. The van der Waals surface area contributed by atoms with Gasteiger partial charge in [-0.05, 0) is 42.5 Å². The molecule has 0 radical (unpaired) electrons. The molecule has 1 aliphatic carbocycles.